The van der Waals surface area contributed by atoms with E-state index in [1.165, 1.54) is 18.4 Å². The lowest BCUT2D eigenvalue weighted by atomic mass is 9.71. The Morgan fingerprint density at radius 2 is 1.74 bits per heavy atom. The van der Waals surface area contributed by atoms with Gasteiger partial charge in [-0.2, -0.15) is 0 Å². The second kappa shape index (κ2) is 10.4. The molecular weight excluding hydrogens is 474 g/mol. The second-order valence-electron chi connectivity index (χ2n) is 11.3. The largest absolute Gasteiger partial charge is 0.508 e. The van der Waals surface area contributed by atoms with E-state index in [-0.39, 0.29) is 17.6 Å². The Morgan fingerprint density at radius 3 is 2.42 bits per heavy atom. The molecule has 0 radical (unpaired) electrons. The predicted octanol–water partition coefficient (Wildman–Crippen LogP) is 7.05. The van der Waals surface area contributed by atoms with Crippen molar-refractivity contribution in [1.82, 2.24) is 4.90 Å². The second-order valence-corrected chi connectivity index (χ2v) is 11.3. The number of aromatic hydroxyl groups is 2. The molecule has 6 rings (SSSR count). The van der Waals surface area contributed by atoms with Crippen molar-refractivity contribution < 1.29 is 19.7 Å². The number of ether oxygens (including phenoxy) is 2. The van der Waals surface area contributed by atoms with E-state index >= 15 is 0 Å². The molecule has 0 spiro atoms. The lowest BCUT2D eigenvalue weighted by molar-refractivity contribution is 0.169. The number of phenols is 2. The highest BCUT2D eigenvalue weighted by Crippen LogP contribution is 2.54. The molecule has 3 aromatic rings. The molecule has 1 saturated carbocycles. The average molecular weight is 512 g/mol. The first-order chi connectivity index (χ1) is 18.5. The number of hydrogen-bond acceptors (Lipinski definition) is 5. The topological polar surface area (TPSA) is 62.2 Å². The first-order valence-corrected chi connectivity index (χ1v) is 14.0. The van der Waals surface area contributed by atoms with Crippen LogP contribution in [0.1, 0.15) is 62.3 Å². The number of benzene rings is 3. The zero-order chi connectivity index (χ0) is 26.2. The van der Waals surface area contributed by atoms with Crippen LogP contribution in [0.5, 0.6) is 23.0 Å². The number of nitrogens with zero attached hydrogens (tertiary/aromatic N) is 1. The van der Waals surface area contributed by atoms with Crippen LogP contribution in [0.3, 0.4) is 0 Å². The summed E-state index contributed by atoms with van der Waals surface area (Å²) in [7, 11) is 0. The van der Waals surface area contributed by atoms with Crippen molar-refractivity contribution in [3.05, 3.63) is 83.4 Å². The van der Waals surface area contributed by atoms with Crippen LogP contribution in [0, 0.1) is 11.8 Å². The molecule has 3 atom stereocenters. The summed E-state index contributed by atoms with van der Waals surface area (Å²) in [5.41, 5.74) is 5.22. The van der Waals surface area contributed by atoms with Crippen LogP contribution in [0.15, 0.2) is 66.7 Å². The molecular formula is C33H37NO4. The van der Waals surface area contributed by atoms with Crippen LogP contribution in [0.2, 0.25) is 0 Å². The predicted molar refractivity (Wildman–Crippen MR) is 150 cm³/mol. The number of allylic oxidation sites excluding steroid dienone is 1. The quantitative estimate of drug-likeness (QED) is 0.356. The van der Waals surface area contributed by atoms with Crippen LogP contribution in [-0.4, -0.2) is 40.9 Å². The van der Waals surface area contributed by atoms with Gasteiger partial charge in [0, 0.05) is 23.7 Å². The van der Waals surface area contributed by atoms with E-state index in [1.54, 1.807) is 12.1 Å². The fraction of sp³-hybridized carbons (Fsp3) is 0.394. The zero-order valence-corrected chi connectivity index (χ0v) is 22.3. The van der Waals surface area contributed by atoms with Gasteiger partial charge in [0.2, 0.25) is 0 Å². The van der Waals surface area contributed by atoms with E-state index in [0.717, 1.165) is 65.6 Å². The summed E-state index contributed by atoms with van der Waals surface area (Å²) in [6.45, 7) is 7.53. The maximum atomic E-state index is 10.3. The van der Waals surface area contributed by atoms with Crippen molar-refractivity contribution >= 4 is 11.1 Å². The number of likely N-dealkylation sites (tertiary alicyclic amines) is 1. The molecule has 1 aliphatic carbocycles. The summed E-state index contributed by atoms with van der Waals surface area (Å²) < 4.78 is 12.8. The molecule has 5 nitrogen and oxygen atoms in total. The molecule has 2 heterocycles. The van der Waals surface area contributed by atoms with E-state index in [2.05, 4.69) is 30.9 Å². The van der Waals surface area contributed by atoms with Gasteiger partial charge in [0.25, 0.3) is 0 Å². The zero-order valence-electron chi connectivity index (χ0n) is 22.3. The van der Waals surface area contributed by atoms with Crippen molar-refractivity contribution in [2.75, 3.05) is 19.7 Å². The molecule has 2 aliphatic heterocycles. The molecule has 5 heteroatoms. The Labute approximate surface area is 225 Å². The Bertz CT molecular complexity index is 1330. The Hall–Kier alpha value is -3.44. The molecule has 198 valence electrons. The van der Waals surface area contributed by atoms with Gasteiger partial charge in [-0.15, -0.1) is 0 Å². The summed E-state index contributed by atoms with van der Waals surface area (Å²) in [4.78, 5) is 2.51. The number of phenolic OH excluding ortho intramolecular Hbond substituents is 2. The molecule has 0 aromatic heterocycles. The van der Waals surface area contributed by atoms with Crippen molar-refractivity contribution in [2.24, 2.45) is 11.8 Å². The molecule has 1 unspecified atom stereocenters. The first kappa shape index (κ1) is 24.9. The minimum Gasteiger partial charge on any atom is -0.508 e. The standard InChI is InChI=1S/C33H37NO4/c1-21-15-16-34(19-21)22(2)20-37-28-12-9-24(10-13-28)33-32(25-7-4-8-26(35)17-25)31(23-5-3-6-23)29-18-27(36)11-14-30(29)38-33/h4,7-14,17-18,21-23,33,35-36H,3,5-6,15-16,19-20H2,1-2H3/t21-,22+,33?/m1/s1. The van der Waals surface area contributed by atoms with E-state index in [4.69, 9.17) is 9.47 Å². The highest BCUT2D eigenvalue weighted by atomic mass is 16.5. The Balaban J connectivity index is 1.33. The van der Waals surface area contributed by atoms with Crippen LogP contribution < -0.4 is 9.47 Å². The monoisotopic (exact) mass is 511 g/mol. The number of fused-ring (bicyclic) bond motifs is 1. The number of hydrogen-bond donors (Lipinski definition) is 2. The van der Waals surface area contributed by atoms with Gasteiger partial charge >= 0.3 is 0 Å². The SMILES string of the molecule is C[C@@H]1CCN([C@@H](C)COc2ccc(C3Oc4ccc(O)cc4C(C4CCC4)=C3c3cccc(O)c3)cc2)C1. The van der Waals surface area contributed by atoms with Gasteiger partial charge in [-0.05, 0) is 104 Å². The molecule has 2 N–H and O–H groups in total. The lowest BCUT2D eigenvalue weighted by Crippen LogP contribution is -2.35. The van der Waals surface area contributed by atoms with Gasteiger partial charge < -0.3 is 19.7 Å². The normalized spacial score (nSPS) is 22.5. The van der Waals surface area contributed by atoms with Gasteiger partial charge in [0.1, 0.15) is 35.7 Å². The van der Waals surface area contributed by atoms with Crippen LogP contribution >= 0.6 is 0 Å². The lowest BCUT2D eigenvalue weighted by Gasteiger charge is -2.38. The number of rotatable bonds is 7. The van der Waals surface area contributed by atoms with Gasteiger partial charge in [-0.1, -0.05) is 37.6 Å². The van der Waals surface area contributed by atoms with Gasteiger partial charge in [-0.25, -0.2) is 0 Å². The van der Waals surface area contributed by atoms with Gasteiger partial charge in [0.05, 0.1) is 0 Å². The maximum Gasteiger partial charge on any atom is 0.150 e. The molecule has 2 fully saturated rings. The molecule has 0 amide bonds. The third kappa shape index (κ3) is 4.88. The highest BCUT2D eigenvalue weighted by molar-refractivity contribution is 5.97. The minimum absolute atomic E-state index is 0.230. The maximum absolute atomic E-state index is 10.3. The van der Waals surface area contributed by atoms with Crippen LogP contribution in [0.4, 0.5) is 0 Å². The van der Waals surface area contributed by atoms with Crippen molar-refractivity contribution in [2.45, 2.75) is 51.7 Å². The molecule has 3 aliphatic rings. The molecule has 38 heavy (non-hydrogen) atoms. The van der Waals surface area contributed by atoms with Gasteiger partial charge in [0.15, 0.2) is 0 Å². The first-order valence-electron chi connectivity index (χ1n) is 14.0. The third-order valence-electron chi connectivity index (χ3n) is 8.47. The summed E-state index contributed by atoms with van der Waals surface area (Å²) in [6, 6.07) is 21.4. The van der Waals surface area contributed by atoms with Crippen molar-refractivity contribution in [3.63, 3.8) is 0 Å². The minimum atomic E-state index is -0.330. The van der Waals surface area contributed by atoms with Crippen molar-refractivity contribution in [3.8, 4) is 23.0 Å². The van der Waals surface area contributed by atoms with Gasteiger partial charge in [-0.3, -0.25) is 4.90 Å². The smallest absolute Gasteiger partial charge is 0.150 e. The summed E-state index contributed by atoms with van der Waals surface area (Å²) in [5.74, 6) is 3.27. The molecule has 3 aromatic carbocycles. The van der Waals surface area contributed by atoms with E-state index in [9.17, 15) is 10.2 Å². The third-order valence-corrected chi connectivity index (χ3v) is 8.47. The Morgan fingerprint density at radius 1 is 0.947 bits per heavy atom. The van der Waals surface area contributed by atoms with E-state index in [1.807, 2.05) is 42.5 Å². The average Bonchev–Trinajstić information content (AvgIpc) is 3.33. The Kier molecular flexibility index (Phi) is 6.79. The van der Waals surface area contributed by atoms with Crippen LogP contribution in [-0.2, 0) is 0 Å². The fourth-order valence-electron chi connectivity index (χ4n) is 6.09. The summed E-state index contributed by atoms with van der Waals surface area (Å²) in [6.07, 6.45) is 4.35. The summed E-state index contributed by atoms with van der Waals surface area (Å²) in [5, 5.41) is 20.7. The van der Waals surface area contributed by atoms with E-state index < -0.39 is 0 Å². The highest BCUT2D eigenvalue weighted by Gasteiger charge is 2.36. The van der Waals surface area contributed by atoms with Crippen molar-refractivity contribution in [1.29, 1.82) is 0 Å². The molecule has 0 bridgehead atoms. The van der Waals surface area contributed by atoms with Crippen LogP contribution in [0.25, 0.3) is 11.1 Å². The fourth-order valence-corrected chi connectivity index (χ4v) is 6.09. The molecule has 1 saturated heterocycles. The summed E-state index contributed by atoms with van der Waals surface area (Å²) >= 11 is 0. The van der Waals surface area contributed by atoms with E-state index in [0.29, 0.717) is 18.6 Å².